The Hall–Kier alpha value is -2.63. The molecule has 98 valence electrons. The Balaban J connectivity index is 2.19. The number of carbonyl (C=O) groups is 1. The number of anilines is 2. The first-order valence-electron chi connectivity index (χ1n) is 5.83. The molecule has 6 nitrogen and oxygen atoms in total. The standard InChI is InChI=1S/C13H15N5O/c1-15-13(19)11-5-4-9(14)7-12(11)16-8-10-3-2-6-17-18-10/h2-7,16H,8,14H2,1H3,(H,15,19). The summed E-state index contributed by atoms with van der Waals surface area (Å²) in [5.41, 5.74) is 8.33. The maximum absolute atomic E-state index is 11.7. The third-order valence-electron chi connectivity index (χ3n) is 2.60. The van der Waals surface area contributed by atoms with Gasteiger partial charge in [0.05, 0.1) is 17.8 Å². The minimum atomic E-state index is -0.165. The molecule has 6 heteroatoms. The van der Waals surface area contributed by atoms with Crippen molar-refractivity contribution >= 4 is 17.3 Å². The predicted octanol–water partition coefficient (Wildman–Crippen LogP) is 1.03. The quantitative estimate of drug-likeness (QED) is 0.711. The molecule has 2 rings (SSSR count). The first kappa shape index (κ1) is 12.8. The van der Waals surface area contributed by atoms with Crippen LogP contribution in [0.5, 0.6) is 0 Å². The maximum atomic E-state index is 11.7. The molecular weight excluding hydrogens is 242 g/mol. The summed E-state index contributed by atoms with van der Waals surface area (Å²) in [4.78, 5) is 11.7. The van der Waals surface area contributed by atoms with Crippen molar-refractivity contribution in [2.24, 2.45) is 0 Å². The summed E-state index contributed by atoms with van der Waals surface area (Å²) >= 11 is 0. The first-order chi connectivity index (χ1) is 9.20. The van der Waals surface area contributed by atoms with Crippen molar-refractivity contribution in [2.75, 3.05) is 18.1 Å². The van der Waals surface area contributed by atoms with Crippen molar-refractivity contribution in [3.8, 4) is 0 Å². The van der Waals surface area contributed by atoms with Crippen molar-refractivity contribution in [1.82, 2.24) is 15.5 Å². The molecule has 19 heavy (non-hydrogen) atoms. The number of nitrogens with one attached hydrogen (secondary N) is 2. The van der Waals surface area contributed by atoms with Gasteiger partial charge in [0.2, 0.25) is 0 Å². The zero-order chi connectivity index (χ0) is 13.7. The highest BCUT2D eigenvalue weighted by Gasteiger charge is 2.10. The van der Waals surface area contributed by atoms with Crippen LogP contribution in [0.1, 0.15) is 16.1 Å². The summed E-state index contributed by atoms with van der Waals surface area (Å²) in [6, 6.07) is 8.76. The van der Waals surface area contributed by atoms with Crippen LogP contribution in [0.3, 0.4) is 0 Å². The molecule has 0 saturated carbocycles. The topological polar surface area (TPSA) is 92.9 Å². The van der Waals surface area contributed by atoms with E-state index in [1.165, 1.54) is 0 Å². The van der Waals surface area contributed by atoms with Crippen LogP contribution in [0.2, 0.25) is 0 Å². The number of carbonyl (C=O) groups excluding carboxylic acids is 1. The Labute approximate surface area is 111 Å². The molecule has 1 aromatic heterocycles. The molecule has 0 fully saturated rings. The zero-order valence-electron chi connectivity index (χ0n) is 10.6. The van der Waals surface area contributed by atoms with E-state index in [0.717, 1.165) is 5.69 Å². The molecular formula is C13H15N5O. The van der Waals surface area contributed by atoms with Gasteiger partial charge in [0.25, 0.3) is 5.91 Å². The van der Waals surface area contributed by atoms with Gasteiger partial charge in [0.1, 0.15) is 0 Å². The summed E-state index contributed by atoms with van der Waals surface area (Å²) in [6.07, 6.45) is 1.61. The van der Waals surface area contributed by atoms with Crippen LogP contribution in [-0.4, -0.2) is 23.2 Å². The molecule has 2 aromatic rings. The van der Waals surface area contributed by atoms with Crippen molar-refractivity contribution < 1.29 is 4.79 Å². The van der Waals surface area contributed by atoms with Gasteiger partial charge in [0.15, 0.2) is 0 Å². The highest BCUT2D eigenvalue weighted by molar-refractivity contribution is 6.00. The maximum Gasteiger partial charge on any atom is 0.253 e. The number of benzene rings is 1. The van der Waals surface area contributed by atoms with E-state index in [1.54, 1.807) is 31.4 Å². The highest BCUT2D eigenvalue weighted by Crippen LogP contribution is 2.19. The molecule has 0 unspecified atom stereocenters. The van der Waals surface area contributed by atoms with Gasteiger partial charge in [-0.05, 0) is 30.3 Å². The van der Waals surface area contributed by atoms with E-state index in [0.29, 0.717) is 23.5 Å². The van der Waals surface area contributed by atoms with Crippen LogP contribution >= 0.6 is 0 Å². The lowest BCUT2D eigenvalue weighted by Gasteiger charge is -2.11. The van der Waals surface area contributed by atoms with Gasteiger partial charge in [-0.2, -0.15) is 10.2 Å². The molecule has 0 aliphatic heterocycles. The molecule has 0 aliphatic rings. The third kappa shape index (κ3) is 3.19. The van der Waals surface area contributed by atoms with Crippen LogP contribution in [0.4, 0.5) is 11.4 Å². The van der Waals surface area contributed by atoms with Crippen molar-refractivity contribution in [1.29, 1.82) is 0 Å². The summed E-state index contributed by atoms with van der Waals surface area (Å²) in [5.74, 6) is -0.165. The van der Waals surface area contributed by atoms with Gasteiger partial charge in [-0.3, -0.25) is 4.79 Å². The van der Waals surface area contributed by atoms with E-state index in [1.807, 2.05) is 12.1 Å². The van der Waals surface area contributed by atoms with Gasteiger partial charge >= 0.3 is 0 Å². The van der Waals surface area contributed by atoms with Crippen LogP contribution in [-0.2, 0) is 6.54 Å². The third-order valence-corrected chi connectivity index (χ3v) is 2.60. The Morgan fingerprint density at radius 3 is 2.89 bits per heavy atom. The number of hydrogen-bond donors (Lipinski definition) is 3. The number of aromatic nitrogens is 2. The van der Waals surface area contributed by atoms with Gasteiger partial charge in [-0.15, -0.1) is 0 Å². The monoisotopic (exact) mass is 257 g/mol. The fourth-order valence-electron chi connectivity index (χ4n) is 1.65. The second-order valence-corrected chi connectivity index (χ2v) is 3.95. The molecule has 4 N–H and O–H groups in total. The number of nitrogens with zero attached hydrogens (tertiary/aromatic N) is 2. The van der Waals surface area contributed by atoms with E-state index in [9.17, 15) is 4.79 Å². The number of nitrogens with two attached hydrogens (primary N) is 1. The lowest BCUT2D eigenvalue weighted by molar-refractivity contribution is 0.0964. The zero-order valence-corrected chi connectivity index (χ0v) is 10.6. The van der Waals surface area contributed by atoms with E-state index in [2.05, 4.69) is 20.8 Å². The van der Waals surface area contributed by atoms with E-state index in [-0.39, 0.29) is 5.91 Å². The number of rotatable bonds is 4. The Kier molecular flexibility index (Phi) is 3.92. The smallest absolute Gasteiger partial charge is 0.253 e. The highest BCUT2D eigenvalue weighted by atomic mass is 16.1. The number of amides is 1. The molecule has 1 amide bonds. The fraction of sp³-hybridized carbons (Fsp3) is 0.154. The van der Waals surface area contributed by atoms with E-state index in [4.69, 9.17) is 5.73 Å². The van der Waals surface area contributed by atoms with Gasteiger partial charge in [0, 0.05) is 24.6 Å². The average Bonchev–Trinajstić information content (AvgIpc) is 2.45. The average molecular weight is 257 g/mol. The Morgan fingerprint density at radius 1 is 1.37 bits per heavy atom. The van der Waals surface area contributed by atoms with Crippen LogP contribution in [0, 0.1) is 0 Å². The first-order valence-corrected chi connectivity index (χ1v) is 5.83. The molecule has 0 radical (unpaired) electrons. The molecule has 0 aliphatic carbocycles. The molecule has 0 spiro atoms. The van der Waals surface area contributed by atoms with E-state index >= 15 is 0 Å². The summed E-state index contributed by atoms with van der Waals surface area (Å²) in [6.45, 7) is 0.473. The number of hydrogen-bond acceptors (Lipinski definition) is 5. The Bertz CT molecular complexity index is 571. The molecule has 0 bridgehead atoms. The lowest BCUT2D eigenvalue weighted by Crippen LogP contribution is -2.20. The summed E-state index contributed by atoms with van der Waals surface area (Å²) < 4.78 is 0. The summed E-state index contributed by atoms with van der Waals surface area (Å²) in [7, 11) is 1.59. The normalized spacial score (nSPS) is 9.95. The number of nitrogen functional groups attached to an aromatic ring is 1. The van der Waals surface area contributed by atoms with Gasteiger partial charge < -0.3 is 16.4 Å². The molecule has 0 atom stereocenters. The molecule has 1 heterocycles. The van der Waals surface area contributed by atoms with Crippen LogP contribution in [0.15, 0.2) is 36.5 Å². The van der Waals surface area contributed by atoms with Gasteiger partial charge in [-0.1, -0.05) is 0 Å². The van der Waals surface area contributed by atoms with Crippen molar-refractivity contribution in [3.63, 3.8) is 0 Å². The predicted molar refractivity (Wildman–Crippen MR) is 73.6 cm³/mol. The fourth-order valence-corrected chi connectivity index (χ4v) is 1.65. The largest absolute Gasteiger partial charge is 0.399 e. The van der Waals surface area contributed by atoms with Crippen LogP contribution < -0.4 is 16.4 Å². The SMILES string of the molecule is CNC(=O)c1ccc(N)cc1NCc1cccnn1. The lowest BCUT2D eigenvalue weighted by atomic mass is 10.1. The van der Waals surface area contributed by atoms with Gasteiger partial charge in [-0.25, -0.2) is 0 Å². The Morgan fingerprint density at radius 2 is 2.21 bits per heavy atom. The second-order valence-electron chi connectivity index (χ2n) is 3.95. The second kappa shape index (κ2) is 5.81. The minimum Gasteiger partial charge on any atom is -0.399 e. The minimum absolute atomic E-state index is 0.165. The van der Waals surface area contributed by atoms with Crippen LogP contribution in [0.25, 0.3) is 0 Å². The van der Waals surface area contributed by atoms with Crippen molar-refractivity contribution in [3.05, 3.63) is 47.8 Å². The molecule has 0 saturated heterocycles. The summed E-state index contributed by atoms with van der Waals surface area (Å²) in [5, 5.41) is 13.5. The van der Waals surface area contributed by atoms with Crippen molar-refractivity contribution in [2.45, 2.75) is 6.54 Å². The molecule has 1 aromatic carbocycles. The van der Waals surface area contributed by atoms with E-state index < -0.39 is 0 Å².